The van der Waals surface area contributed by atoms with Gasteiger partial charge in [0.25, 0.3) is 0 Å². The first-order valence-corrected chi connectivity index (χ1v) is 13.2. The molecular formula is C24H33FN2O4S. The Morgan fingerprint density at radius 1 is 1.06 bits per heavy atom. The molecule has 1 aromatic carbocycles. The first kappa shape index (κ1) is 23.2. The van der Waals surface area contributed by atoms with E-state index in [1.165, 1.54) is 0 Å². The van der Waals surface area contributed by atoms with Gasteiger partial charge in [-0.15, -0.1) is 0 Å². The largest absolute Gasteiger partial charge is 0.489 e. The molecule has 2 bridgehead atoms. The van der Waals surface area contributed by atoms with Crippen LogP contribution < -0.4 is 10.5 Å². The first-order chi connectivity index (χ1) is 15.3. The molecule has 3 aliphatic carbocycles. The number of fused-ring (bicyclic) bond motifs is 3. The maximum atomic E-state index is 13.2. The Labute approximate surface area is 189 Å². The highest BCUT2D eigenvalue weighted by Gasteiger charge is 2.54. The van der Waals surface area contributed by atoms with Crippen LogP contribution in [0.25, 0.3) is 0 Å². The van der Waals surface area contributed by atoms with E-state index in [1.807, 2.05) is 4.90 Å². The summed E-state index contributed by atoms with van der Waals surface area (Å²) < 4.78 is 44.4. The molecule has 1 aliphatic heterocycles. The third-order valence-corrected chi connectivity index (χ3v) is 9.75. The number of sulfone groups is 1. The standard InChI is InChI=1S/C24H33FN2O4S/c25-15-19(16-26)17-31-20-3-5-21(6-4-20)32(29,30)18-23-7-10-24(11-8-23,12-9-23)22(28)27-13-1-2-14-27/h3-6,15H,1-2,7-14,16-18,26H2. The summed E-state index contributed by atoms with van der Waals surface area (Å²) in [5.74, 6) is 0.897. The van der Waals surface area contributed by atoms with Gasteiger partial charge >= 0.3 is 0 Å². The third kappa shape index (κ3) is 4.57. The summed E-state index contributed by atoms with van der Waals surface area (Å²) in [6.45, 7) is 1.84. The summed E-state index contributed by atoms with van der Waals surface area (Å²) in [5, 5.41) is 0. The molecule has 1 amide bonds. The van der Waals surface area contributed by atoms with Crippen LogP contribution in [0.1, 0.15) is 51.4 Å². The molecule has 0 aromatic heterocycles. The average molecular weight is 465 g/mol. The van der Waals surface area contributed by atoms with Crippen molar-refractivity contribution >= 4 is 15.7 Å². The van der Waals surface area contributed by atoms with Crippen LogP contribution in [0.4, 0.5) is 4.39 Å². The number of likely N-dealkylation sites (tertiary alicyclic amines) is 1. The minimum absolute atomic E-state index is 0.0279. The topological polar surface area (TPSA) is 89.7 Å². The summed E-state index contributed by atoms with van der Waals surface area (Å²) in [6.07, 6.45) is 7.41. The van der Waals surface area contributed by atoms with Crippen molar-refractivity contribution in [3.63, 3.8) is 0 Å². The Bertz CT molecular complexity index is 944. The van der Waals surface area contributed by atoms with Gasteiger partial charge in [-0.05, 0) is 81.0 Å². The second-order valence-electron chi connectivity index (χ2n) is 9.77. The zero-order chi connectivity index (χ0) is 22.8. The molecule has 1 heterocycles. The lowest BCUT2D eigenvalue weighted by Gasteiger charge is -2.53. The van der Waals surface area contributed by atoms with Crippen LogP contribution in [0.2, 0.25) is 0 Å². The van der Waals surface area contributed by atoms with Crippen LogP contribution in [-0.4, -0.2) is 51.2 Å². The zero-order valence-electron chi connectivity index (χ0n) is 18.5. The lowest BCUT2D eigenvalue weighted by atomic mass is 9.54. The lowest BCUT2D eigenvalue weighted by Crippen LogP contribution is -2.52. The van der Waals surface area contributed by atoms with E-state index in [1.54, 1.807) is 24.3 Å². The molecule has 0 unspecified atom stereocenters. The number of benzene rings is 1. The molecule has 6 nitrogen and oxygen atoms in total. The number of rotatable bonds is 8. The van der Waals surface area contributed by atoms with Crippen LogP contribution in [0, 0.1) is 10.8 Å². The molecule has 8 heteroatoms. The maximum absolute atomic E-state index is 13.2. The van der Waals surface area contributed by atoms with E-state index in [2.05, 4.69) is 0 Å². The monoisotopic (exact) mass is 464 g/mol. The molecule has 1 aromatic rings. The molecule has 4 fully saturated rings. The van der Waals surface area contributed by atoms with Crippen LogP contribution in [0.15, 0.2) is 41.1 Å². The number of carbonyl (C=O) groups is 1. The highest BCUT2D eigenvalue weighted by Crippen LogP contribution is 2.58. The first-order valence-electron chi connectivity index (χ1n) is 11.5. The molecule has 4 aliphatic rings. The van der Waals surface area contributed by atoms with Gasteiger partial charge in [0.15, 0.2) is 9.84 Å². The second-order valence-corrected chi connectivity index (χ2v) is 11.8. The SMILES string of the molecule is NCC(=CF)COc1ccc(S(=O)(=O)CC23CCC(C(=O)N4CCCC4)(CC2)CC3)cc1. The fourth-order valence-corrected chi connectivity index (χ4v) is 7.55. The molecule has 3 saturated carbocycles. The second kappa shape index (κ2) is 9.14. The normalized spacial score (nSPS) is 28.2. The number of ether oxygens (including phenoxy) is 1. The number of hydrogen-bond donors (Lipinski definition) is 1. The van der Waals surface area contributed by atoms with Crippen molar-refractivity contribution in [2.45, 2.75) is 56.3 Å². The van der Waals surface area contributed by atoms with Gasteiger partial charge in [0.1, 0.15) is 12.4 Å². The van der Waals surface area contributed by atoms with E-state index in [-0.39, 0.29) is 34.6 Å². The minimum atomic E-state index is -3.46. The van der Waals surface area contributed by atoms with Gasteiger partial charge < -0.3 is 15.4 Å². The quantitative estimate of drug-likeness (QED) is 0.635. The number of nitrogens with zero attached hydrogens (tertiary/aromatic N) is 1. The highest BCUT2D eigenvalue weighted by atomic mass is 32.2. The van der Waals surface area contributed by atoms with Crippen molar-refractivity contribution < 1.29 is 22.3 Å². The summed E-state index contributed by atoms with van der Waals surface area (Å²) in [4.78, 5) is 15.4. The smallest absolute Gasteiger partial charge is 0.228 e. The van der Waals surface area contributed by atoms with Crippen LogP contribution in [0.3, 0.4) is 0 Å². The van der Waals surface area contributed by atoms with Crippen molar-refractivity contribution in [3.8, 4) is 5.75 Å². The fraction of sp³-hybridized carbons (Fsp3) is 0.625. The predicted octanol–water partition coefficient (Wildman–Crippen LogP) is 3.61. The number of hydrogen-bond acceptors (Lipinski definition) is 5. The lowest BCUT2D eigenvalue weighted by molar-refractivity contribution is -0.150. The Morgan fingerprint density at radius 2 is 1.66 bits per heavy atom. The minimum Gasteiger partial charge on any atom is -0.489 e. The van der Waals surface area contributed by atoms with Gasteiger partial charge in [-0.25, -0.2) is 12.8 Å². The summed E-state index contributed by atoms with van der Waals surface area (Å²) in [6, 6.07) is 6.29. The van der Waals surface area contributed by atoms with E-state index >= 15 is 0 Å². The van der Waals surface area contributed by atoms with Crippen molar-refractivity contribution in [1.82, 2.24) is 4.90 Å². The highest BCUT2D eigenvalue weighted by molar-refractivity contribution is 7.91. The Kier molecular flexibility index (Phi) is 6.63. The van der Waals surface area contributed by atoms with Gasteiger partial charge in [0.05, 0.1) is 17.0 Å². The Hall–Kier alpha value is -1.93. The van der Waals surface area contributed by atoms with Crippen molar-refractivity contribution in [3.05, 3.63) is 36.2 Å². The third-order valence-electron chi connectivity index (χ3n) is 7.77. The predicted molar refractivity (Wildman–Crippen MR) is 121 cm³/mol. The number of carbonyl (C=O) groups excluding carboxylic acids is 1. The molecule has 32 heavy (non-hydrogen) atoms. The average Bonchev–Trinajstić information content (AvgIpc) is 3.35. The van der Waals surface area contributed by atoms with Gasteiger partial charge in [-0.2, -0.15) is 0 Å². The van der Waals surface area contributed by atoms with Crippen molar-refractivity contribution in [2.24, 2.45) is 16.6 Å². The molecular weight excluding hydrogens is 431 g/mol. The van der Waals surface area contributed by atoms with Crippen LogP contribution >= 0.6 is 0 Å². The number of halogens is 1. The van der Waals surface area contributed by atoms with Crippen molar-refractivity contribution in [1.29, 1.82) is 0 Å². The zero-order valence-corrected chi connectivity index (χ0v) is 19.3. The molecule has 1 saturated heterocycles. The molecule has 2 N–H and O–H groups in total. The van der Waals surface area contributed by atoms with E-state index < -0.39 is 9.84 Å². The summed E-state index contributed by atoms with van der Waals surface area (Å²) in [7, 11) is -3.46. The van der Waals surface area contributed by atoms with Gasteiger partial charge in [0, 0.05) is 30.6 Å². The molecule has 5 rings (SSSR count). The molecule has 0 atom stereocenters. The summed E-state index contributed by atoms with van der Waals surface area (Å²) in [5.41, 5.74) is 5.25. The van der Waals surface area contributed by atoms with Crippen LogP contribution in [0.5, 0.6) is 5.75 Å². The van der Waals surface area contributed by atoms with E-state index in [0.29, 0.717) is 23.6 Å². The van der Waals surface area contributed by atoms with Crippen molar-refractivity contribution in [2.75, 3.05) is 32.0 Å². The Morgan fingerprint density at radius 3 is 2.19 bits per heavy atom. The van der Waals surface area contributed by atoms with Crippen LogP contribution in [-0.2, 0) is 14.6 Å². The van der Waals surface area contributed by atoms with Gasteiger partial charge in [0.2, 0.25) is 5.91 Å². The van der Waals surface area contributed by atoms with Gasteiger partial charge in [-0.1, -0.05) is 0 Å². The number of amides is 1. The number of nitrogens with two attached hydrogens (primary N) is 1. The van der Waals surface area contributed by atoms with E-state index in [4.69, 9.17) is 10.5 Å². The molecule has 0 radical (unpaired) electrons. The fourth-order valence-electron chi connectivity index (χ4n) is 5.60. The van der Waals surface area contributed by atoms with E-state index in [0.717, 1.165) is 64.5 Å². The maximum Gasteiger partial charge on any atom is 0.228 e. The molecule has 0 spiro atoms. The molecule has 176 valence electrons. The van der Waals surface area contributed by atoms with Gasteiger partial charge in [-0.3, -0.25) is 4.79 Å². The van der Waals surface area contributed by atoms with E-state index in [9.17, 15) is 17.6 Å². The Balaban J connectivity index is 1.38. The summed E-state index contributed by atoms with van der Waals surface area (Å²) >= 11 is 0.